The van der Waals surface area contributed by atoms with E-state index in [1.807, 2.05) is 65.8 Å². The predicted molar refractivity (Wildman–Crippen MR) is 207 cm³/mol. The van der Waals surface area contributed by atoms with Crippen LogP contribution in [0.1, 0.15) is 56.4 Å². The first-order valence-corrected chi connectivity index (χ1v) is 20.9. The van der Waals surface area contributed by atoms with Crippen LogP contribution in [0.4, 0.5) is 11.4 Å². The van der Waals surface area contributed by atoms with E-state index in [1.54, 1.807) is 60.8 Å². The van der Waals surface area contributed by atoms with E-state index in [9.17, 15) is 9.13 Å². The molecule has 0 spiro atoms. The van der Waals surface area contributed by atoms with Crippen molar-refractivity contribution in [1.29, 1.82) is 0 Å². The number of hydrogen-bond donors (Lipinski definition) is 2. The van der Waals surface area contributed by atoms with E-state index >= 15 is 0 Å². The Bertz CT molecular complexity index is 1730. The molecular weight excluding hydrogens is 713 g/mol. The standard InChI is InChI=1S/C14H23BNO3P.C12H17N4OP.C4H6BrN3.2CH4/c1-13(2)14(3,4)19-15(18-13)10-7-8-11(16)12(9-10)20(5,6)17;1-4-16-14-8-11(15-16)9-5-6-10(13)12(7-9)18(2,3)17;1-2-8-6-3-4(5)7-8;;/h7-9H,16H2,1-6H3;5-8H,4,13H2,1-3H3;3H,2H2,1H3;2*1H4. The van der Waals surface area contributed by atoms with Crippen LogP contribution in [0.15, 0.2) is 53.4 Å². The summed E-state index contributed by atoms with van der Waals surface area (Å²) in [6.07, 6.45) is 3.37. The minimum Gasteiger partial charge on any atom is -0.399 e. The highest BCUT2D eigenvalue weighted by atomic mass is 79.9. The Morgan fingerprint density at radius 2 is 1.23 bits per heavy atom. The molecule has 0 bridgehead atoms. The minimum absolute atomic E-state index is 0. The van der Waals surface area contributed by atoms with Crippen molar-refractivity contribution in [2.75, 3.05) is 38.1 Å². The topological polar surface area (TPSA) is 166 Å². The Hall–Kier alpha value is -2.76. The van der Waals surface area contributed by atoms with E-state index in [4.69, 9.17) is 20.8 Å². The third kappa shape index (κ3) is 10.9. The fourth-order valence-electron chi connectivity index (χ4n) is 4.33. The lowest BCUT2D eigenvalue weighted by Crippen LogP contribution is -2.41. The molecule has 0 radical (unpaired) electrons. The zero-order valence-corrected chi connectivity index (χ0v) is 31.7. The number of hydrogen-bond acceptors (Lipinski definition) is 10. The largest absolute Gasteiger partial charge is 0.494 e. The van der Waals surface area contributed by atoms with Gasteiger partial charge in [0.25, 0.3) is 0 Å². The van der Waals surface area contributed by atoms with Gasteiger partial charge in [-0.3, -0.25) is 0 Å². The average molecular weight is 767 g/mol. The Kier molecular flexibility index (Phi) is 15.1. The van der Waals surface area contributed by atoms with Crippen molar-refractivity contribution >= 4 is 64.8 Å². The van der Waals surface area contributed by atoms with Gasteiger partial charge in [0.2, 0.25) is 0 Å². The first-order chi connectivity index (χ1) is 21.2. The first-order valence-electron chi connectivity index (χ1n) is 14.9. The van der Waals surface area contributed by atoms with Crippen LogP contribution in [-0.2, 0) is 31.5 Å². The molecule has 1 saturated heterocycles. The van der Waals surface area contributed by atoms with Gasteiger partial charge in [0, 0.05) is 27.5 Å². The Balaban J connectivity index is 0.000000380. The van der Waals surface area contributed by atoms with E-state index < -0.39 is 21.4 Å². The van der Waals surface area contributed by atoms with Gasteiger partial charge in [-0.05, 0) is 114 Å². The molecule has 12 nitrogen and oxygen atoms in total. The molecule has 0 aliphatic carbocycles. The molecule has 1 fully saturated rings. The van der Waals surface area contributed by atoms with E-state index in [-0.39, 0.29) is 26.1 Å². The number of nitrogens with zero attached hydrogens (tertiary/aromatic N) is 6. The van der Waals surface area contributed by atoms with Gasteiger partial charge in [0.1, 0.15) is 24.6 Å². The number of nitrogens with two attached hydrogens (primary N) is 2. The summed E-state index contributed by atoms with van der Waals surface area (Å²) in [6.45, 7) is 20.4. The van der Waals surface area contributed by atoms with Gasteiger partial charge in [-0.2, -0.15) is 24.9 Å². The molecule has 0 amide bonds. The molecule has 0 atom stereocenters. The Morgan fingerprint density at radius 3 is 1.65 bits per heavy atom. The monoisotopic (exact) mass is 766 g/mol. The summed E-state index contributed by atoms with van der Waals surface area (Å²) in [6, 6.07) is 11.0. The molecule has 48 heavy (non-hydrogen) atoms. The second kappa shape index (κ2) is 16.8. The molecule has 0 unspecified atom stereocenters. The number of halogens is 1. The lowest BCUT2D eigenvalue weighted by atomic mass is 9.79. The summed E-state index contributed by atoms with van der Waals surface area (Å²) in [5, 5.41) is 17.7. The van der Waals surface area contributed by atoms with E-state index in [0.29, 0.717) is 22.0 Å². The molecular formula is C32H54BBrN8O4P2. The maximum absolute atomic E-state index is 12.3. The van der Waals surface area contributed by atoms with Crippen molar-refractivity contribution in [3.05, 3.63) is 53.4 Å². The molecule has 4 aromatic rings. The summed E-state index contributed by atoms with van der Waals surface area (Å²) in [7, 11) is -5.26. The molecule has 1 aliphatic rings. The van der Waals surface area contributed by atoms with Crippen LogP contribution in [0.3, 0.4) is 0 Å². The SMILES string of the molecule is C.C.CC1(C)OB(c2ccc(N)c(P(C)(C)=O)c2)OC1(C)C.CCn1ncc(-c2ccc(N)c(P(C)(C)=O)c2)n1.CCn1ncc(Br)n1. The zero-order chi connectivity index (χ0) is 34.7. The van der Waals surface area contributed by atoms with Crippen LogP contribution in [0.2, 0.25) is 0 Å². The fourth-order valence-corrected chi connectivity index (χ4v) is 6.91. The van der Waals surface area contributed by atoms with Crippen LogP contribution in [-0.4, -0.2) is 75.0 Å². The maximum atomic E-state index is 12.3. The fraction of sp³-hybridized carbons (Fsp3) is 0.500. The molecule has 3 heterocycles. The number of benzene rings is 2. The van der Waals surface area contributed by atoms with E-state index in [2.05, 4.69) is 36.3 Å². The highest BCUT2D eigenvalue weighted by Gasteiger charge is 2.51. The normalized spacial score (nSPS) is 14.9. The number of rotatable bonds is 6. The van der Waals surface area contributed by atoms with Gasteiger partial charge in [-0.25, -0.2) is 0 Å². The van der Waals surface area contributed by atoms with Gasteiger partial charge in [-0.15, -0.1) is 5.10 Å². The van der Waals surface area contributed by atoms with Crippen LogP contribution >= 0.6 is 30.2 Å². The van der Waals surface area contributed by atoms with Crippen LogP contribution in [0, 0.1) is 0 Å². The number of nitrogen functional groups attached to an aromatic ring is 2. The highest BCUT2D eigenvalue weighted by Crippen LogP contribution is 2.39. The zero-order valence-electron chi connectivity index (χ0n) is 28.4. The summed E-state index contributed by atoms with van der Waals surface area (Å²) >= 11 is 3.18. The van der Waals surface area contributed by atoms with Crippen molar-refractivity contribution in [3.8, 4) is 11.3 Å². The molecule has 1 aliphatic heterocycles. The second-order valence-electron chi connectivity index (χ2n) is 12.7. The molecule has 266 valence electrons. The first kappa shape index (κ1) is 43.3. The number of aryl methyl sites for hydroxylation is 2. The summed E-state index contributed by atoms with van der Waals surface area (Å²) in [5.41, 5.74) is 14.7. The summed E-state index contributed by atoms with van der Waals surface area (Å²) in [4.78, 5) is 3.23. The van der Waals surface area contributed by atoms with Gasteiger partial charge in [0.05, 0.1) is 36.7 Å². The number of anilines is 2. The third-order valence-electron chi connectivity index (χ3n) is 7.68. The van der Waals surface area contributed by atoms with Crippen molar-refractivity contribution in [2.24, 2.45) is 0 Å². The lowest BCUT2D eigenvalue weighted by molar-refractivity contribution is 0.00578. The second-order valence-corrected chi connectivity index (χ2v) is 19.8. The Morgan fingerprint density at radius 1 is 0.771 bits per heavy atom. The number of aromatic nitrogens is 6. The summed E-state index contributed by atoms with van der Waals surface area (Å²) in [5.74, 6) is 0. The van der Waals surface area contributed by atoms with Gasteiger partial charge in [-0.1, -0.05) is 27.0 Å². The minimum atomic E-state index is -2.42. The maximum Gasteiger partial charge on any atom is 0.494 e. The molecule has 5 rings (SSSR count). The molecule has 0 saturated carbocycles. The van der Waals surface area contributed by atoms with Crippen molar-refractivity contribution in [3.63, 3.8) is 0 Å². The van der Waals surface area contributed by atoms with Crippen molar-refractivity contribution in [2.45, 2.75) is 80.7 Å². The van der Waals surface area contributed by atoms with Crippen molar-refractivity contribution < 1.29 is 18.4 Å². The van der Waals surface area contributed by atoms with E-state index in [0.717, 1.165) is 34.4 Å². The lowest BCUT2D eigenvalue weighted by Gasteiger charge is -2.32. The van der Waals surface area contributed by atoms with Crippen molar-refractivity contribution in [1.82, 2.24) is 30.0 Å². The van der Waals surface area contributed by atoms with Gasteiger partial charge in [0.15, 0.2) is 0 Å². The van der Waals surface area contributed by atoms with E-state index in [1.165, 1.54) is 0 Å². The molecule has 2 aromatic carbocycles. The molecule has 2 aromatic heterocycles. The predicted octanol–water partition coefficient (Wildman–Crippen LogP) is 5.94. The average Bonchev–Trinajstić information content (AvgIpc) is 3.66. The summed E-state index contributed by atoms with van der Waals surface area (Å²) < 4.78 is 37.3. The quantitative estimate of drug-likeness (QED) is 0.136. The Labute approximate surface area is 295 Å². The smallest absolute Gasteiger partial charge is 0.399 e. The van der Waals surface area contributed by atoms with Crippen LogP contribution < -0.4 is 27.5 Å². The molecule has 4 N–H and O–H groups in total. The third-order valence-corrected chi connectivity index (χ3v) is 11.1. The van der Waals surface area contributed by atoms with Gasteiger partial charge < -0.3 is 29.9 Å². The highest BCUT2D eigenvalue weighted by molar-refractivity contribution is 9.10. The van der Waals surface area contributed by atoms with Crippen LogP contribution in [0.25, 0.3) is 11.3 Å². The van der Waals surface area contributed by atoms with Crippen LogP contribution in [0.5, 0.6) is 0 Å². The van der Waals surface area contributed by atoms with Gasteiger partial charge >= 0.3 is 7.12 Å². The molecule has 16 heteroatoms.